The van der Waals surface area contributed by atoms with Gasteiger partial charge in [-0.3, -0.25) is 9.59 Å². The third-order valence-corrected chi connectivity index (χ3v) is 4.67. The van der Waals surface area contributed by atoms with Crippen molar-refractivity contribution in [1.29, 1.82) is 0 Å². The van der Waals surface area contributed by atoms with E-state index in [2.05, 4.69) is 0 Å². The monoisotopic (exact) mass is 422 g/mol. The molecule has 0 saturated heterocycles. The van der Waals surface area contributed by atoms with Crippen LogP contribution in [0.15, 0.2) is 29.8 Å². The van der Waals surface area contributed by atoms with E-state index in [9.17, 15) is 24.6 Å². The number of aliphatic hydroxyl groups is 1. The molecule has 0 bridgehead atoms. The van der Waals surface area contributed by atoms with Gasteiger partial charge in [-0.05, 0) is 31.9 Å². The predicted octanol–water partition coefficient (Wildman–Crippen LogP) is 2.74. The van der Waals surface area contributed by atoms with E-state index in [0.717, 1.165) is 0 Å². The van der Waals surface area contributed by atoms with Crippen LogP contribution < -0.4 is 0 Å². The van der Waals surface area contributed by atoms with Crippen molar-refractivity contribution in [3.05, 3.63) is 41.0 Å². The summed E-state index contributed by atoms with van der Waals surface area (Å²) in [6, 6.07) is 4.29. The van der Waals surface area contributed by atoms with Crippen molar-refractivity contribution in [3.8, 4) is 5.75 Å². The molecule has 0 aliphatic carbocycles. The van der Waals surface area contributed by atoms with E-state index in [4.69, 9.17) is 14.2 Å². The highest BCUT2D eigenvalue weighted by atomic mass is 16.6. The second-order valence-electron chi connectivity index (χ2n) is 7.13. The summed E-state index contributed by atoms with van der Waals surface area (Å²) in [6.45, 7) is 6.91. The van der Waals surface area contributed by atoms with E-state index < -0.39 is 30.8 Å². The lowest BCUT2D eigenvalue weighted by atomic mass is 9.93. The molecule has 2 N–H and O–H groups in total. The highest BCUT2D eigenvalue weighted by molar-refractivity contribution is 5.87. The molecule has 1 rings (SSSR count). The molecule has 0 heterocycles. The molecule has 1 aromatic rings. The number of aromatic hydroxyl groups is 1. The van der Waals surface area contributed by atoms with E-state index in [1.54, 1.807) is 32.9 Å². The lowest BCUT2D eigenvalue weighted by Gasteiger charge is -2.28. The maximum absolute atomic E-state index is 11.9. The molecule has 0 aromatic heterocycles. The van der Waals surface area contributed by atoms with Gasteiger partial charge >= 0.3 is 17.9 Å². The molecule has 8 heteroatoms. The Morgan fingerprint density at radius 3 is 2.30 bits per heavy atom. The Bertz CT molecular complexity index is 798. The first-order valence-electron chi connectivity index (χ1n) is 9.68. The topological polar surface area (TPSA) is 119 Å². The first kappa shape index (κ1) is 25.2. The summed E-state index contributed by atoms with van der Waals surface area (Å²) < 4.78 is 15.2. The van der Waals surface area contributed by atoms with Crippen molar-refractivity contribution in [2.45, 2.75) is 53.2 Å². The molecule has 2 unspecified atom stereocenters. The molecule has 30 heavy (non-hydrogen) atoms. The number of esters is 3. The fraction of sp³-hybridized carbons (Fsp3) is 0.500. The number of allylic oxidation sites excluding steroid dienone is 1. The van der Waals surface area contributed by atoms with Crippen LogP contribution in [0.5, 0.6) is 5.75 Å². The Labute approximate surface area is 176 Å². The van der Waals surface area contributed by atoms with Crippen LogP contribution in [0.2, 0.25) is 0 Å². The van der Waals surface area contributed by atoms with Crippen molar-refractivity contribution >= 4 is 17.9 Å². The lowest BCUT2D eigenvalue weighted by Crippen LogP contribution is -2.38. The average Bonchev–Trinajstić information content (AvgIpc) is 2.72. The van der Waals surface area contributed by atoms with Crippen LogP contribution in [-0.2, 0) is 40.8 Å². The molecule has 0 saturated carbocycles. The van der Waals surface area contributed by atoms with Gasteiger partial charge < -0.3 is 24.4 Å². The van der Waals surface area contributed by atoms with Crippen LogP contribution in [0.25, 0.3) is 0 Å². The van der Waals surface area contributed by atoms with Gasteiger partial charge in [-0.2, -0.15) is 0 Å². The second kappa shape index (κ2) is 11.3. The number of rotatable bonds is 10. The summed E-state index contributed by atoms with van der Waals surface area (Å²) in [7, 11) is 0. The number of carbonyl (C=O) groups excluding carboxylic acids is 3. The Morgan fingerprint density at radius 2 is 1.77 bits per heavy atom. The fourth-order valence-electron chi connectivity index (χ4n) is 2.36. The van der Waals surface area contributed by atoms with Gasteiger partial charge in [0, 0.05) is 18.1 Å². The minimum Gasteiger partial charge on any atom is -0.508 e. The zero-order valence-corrected chi connectivity index (χ0v) is 18.1. The van der Waals surface area contributed by atoms with E-state index in [-0.39, 0.29) is 29.8 Å². The maximum atomic E-state index is 11.9. The zero-order valence-electron chi connectivity index (χ0n) is 18.1. The zero-order chi connectivity index (χ0) is 22.9. The highest BCUT2D eigenvalue weighted by Gasteiger charge is 2.36. The summed E-state index contributed by atoms with van der Waals surface area (Å²) in [4.78, 5) is 35.0. The highest BCUT2D eigenvalue weighted by Crippen LogP contribution is 2.32. The number of ether oxygens (including phenoxy) is 3. The Kier molecular flexibility index (Phi) is 9.52. The summed E-state index contributed by atoms with van der Waals surface area (Å²) in [5.74, 6) is -2.19. The smallest absolute Gasteiger partial charge is 0.333 e. The molecule has 0 fully saturated rings. The average molecular weight is 422 g/mol. The van der Waals surface area contributed by atoms with E-state index >= 15 is 0 Å². The van der Waals surface area contributed by atoms with Gasteiger partial charge in [-0.15, -0.1) is 0 Å². The third kappa shape index (κ3) is 7.18. The first-order chi connectivity index (χ1) is 14.0. The summed E-state index contributed by atoms with van der Waals surface area (Å²) in [6.07, 6.45) is 2.21. The Hall–Kier alpha value is -2.87. The van der Waals surface area contributed by atoms with E-state index in [0.29, 0.717) is 17.6 Å². The molecular formula is C22H30O8. The number of benzene rings is 1. The number of carbonyl (C=O) groups is 3. The van der Waals surface area contributed by atoms with E-state index in [1.165, 1.54) is 19.1 Å². The molecule has 0 amide bonds. The number of phenols is 1. The Morgan fingerprint density at radius 1 is 1.13 bits per heavy atom. The predicted molar refractivity (Wildman–Crippen MR) is 108 cm³/mol. The minimum absolute atomic E-state index is 0.00619. The molecule has 0 aliphatic rings. The fourth-order valence-corrected chi connectivity index (χ4v) is 2.36. The van der Waals surface area contributed by atoms with Gasteiger partial charge in [0.2, 0.25) is 0 Å². The summed E-state index contributed by atoms with van der Waals surface area (Å²) in [5.41, 5.74) is -1.12. The van der Waals surface area contributed by atoms with Gasteiger partial charge in [-0.1, -0.05) is 32.1 Å². The molecule has 166 valence electrons. The molecule has 0 spiro atoms. The molecule has 1 aromatic carbocycles. The molecular weight excluding hydrogens is 392 g/mol. The van der Waals surface area contributed by atoms with Crippen LogP contribution in [0.1, 0.15) is 52.2 Å². The standard InChI is InChI=1S/C22H30O8/c1-6-14(3)20(25)28-11-17-8-9-18(19(24)10-17)22(27,12-29-16(5)23)13-30-21(26)15(4)7-2/h7-10,14,24,27H,6,11-13H2,1-5H3. The van der Waals surface area contributed by atoms with Crippen molar-refractivity contribution in [2.75, 3.05) is 13.2 Å². The summed E-state index contributed by atoms with van der Waals surface area (Å²) >= 11 is 0. The van der Waals surface area contributed by atoms with Gasteiger partial charge in [-0.25, -0.2) is 4.79 Å². The number of hydrogen-bond acceptors (Lipinski definition) is 8. The molecule has 0 radical (unpaired) electrons. The van der Waals surface area contributed by atoms with Crippen LogP contribution in [0.4, 0.5) is 0 Å². The molecule has 0 aliphatic heterocycles. The third-order valence-electron chi connectivity index (χ3n) is 4.67. The number of phenolic OH excluding ortho intramolecular Hbond substituents is 1. The van der Waals surface area contributed by atoms with Crippen molar-refractivity contribution < 1.29 is 38.8 Å². The lowest BCUT2D eigenvalue weighted by molar-refractivity contribution is -0.161. The second-order valence-corrected chi connectivity index (χ2v) is 7.13. The van der Waals surface area contributed by atoms with Gasteiger partial charge in [0.05, 0.1) is 5.92 Å². The molecule has 2 atom stereocenters. The quantitative estimate of drug-likeness (QED) is 0.336. The van der Waals surface area contributed by atoms with E-state index in [1.807, 2.05) is 6.92 Å². The normalized spacial score (nSPS) is 14.4. The first-order valence-corrected chi connectivity index (χ1v) is 9.68. The number of hydrogen-bond donors (Lipinski definition) is 2. The van der Waals surface area contributed by atoms with Crippen LogP contribution in [0, 0.1) is 5.92 Å². The van der Waals surface area contributed by atoms with Crippen LogP contribution in [-0.4, -0.2) is 41.3 Å². The van der Waals surface area contributed by atoms with Gasteiger partial charge in [0.15, 0.2) is 5.60 Å². The summed E-state index contributed by atoms with van der Waals surface area (Å²) in [5, 5.41) is 21.5. The minimum atomic E-state index is -1.97. The largest absolute Gasteiger partial charge is 0.508 e. The Balaban J connectivity index is 3.04. The van der Waals surface area contributed by atoms with Gasteiger partial charge in [0.25, 0.3) is 0 Å². The van der Waals surface area contributed by atoms with Crippen LogP contribution in [0.3, 0.4) is 0 Å². The van der Waals surface area contributed by atoms with Crippen molar-refractivity contribution in [1.82, 2.24) is 0 Å². The van der Waals surface area contributed by atoms with Crippen molar-refractivity contribution in [2.24, 2.45) is 5.92 Å². The van der Waals surface area contributed by atoms with Crippen LogP contribution >= 0.6 is 0 Å². The van der Waals surface area contributed by atoms with Gasteiger partial charge in [0.1, 0.15) is 25.6 Å². The van der Waals surface area contributed by atoms with Crippen molar-refractivity contribution in [3.63, 3.8) is 0 Å². The maximum Gasteiger partial charge on any atom is 0.333 e. The molecule has 8 nitrogen and oxygen atoms in total. The SMILES string of the molecule is CC=C(C)C(=O)OCC(O)(COC(C)=O)c1ccc(COC(=O)C(C)CC)cc1O.